The van der Waals surface area contributed by atoms with Crippen molar-refractivity contribution in [1.82, 2.24) is 0 Å². The van der Waals surface area contributed by atoms with Gasteiger partial charge in [-0.05, 0) is 30.7 Å². The lowest BCUT2D eigenvalue weighted by atomic mass is 9.89. The monoisotopic (exact) mass is 157 g/mol. The van der Waals surface area contributed by atoms with Crippen LogP contribution in [-0.4, -0.2) is 6.54 Å². The van der Waals surface area contributed by atoms with Gasteiger partial charge in [-0.3, -0.25) is 0 Å². The Kier molecular flexibility index (Phi) is 5.57. The van der Waals surface area contributed by atoms with Gasteiger partial charge in [0.15, 0.2) is 0 Å². The van der Waals surface area contributed by atoms with Crippen molar-refractivity contribution in [1.29, 1.82) is 0 Å². The molecule has 0 spiro atoms. The Hall–Kier alpha value is -0.0400. The van der Waals surface area contributed by atoms with E-state index in [9.17, 15) is 0 Å². The molecule has 0 unspecified atom stereocenters. The van der Waals surface area contributed by atoms with Crippen molar-refractivity contribution in [2.24, 2.45) is 23.5 Å². The summed E-state index contributed by atoms with van der Waals surface area (Å²) in [5.41, 5.74) is 5.66. The first-order chi connectivity index (χ1) is 5.07. The summed E-state index contributed by atoms with van der Waals surface area (Å²) in [5.74, 6) is 2.30. The highest BCUT2D eigenvalue weighted by Crippen LogP contribution is 2.18. The summed E-state index contributed by atoms with van der Waals surface area (Å²) in [7, 11) is 0. The van der Waals surface area contributed by atoms with Crippen LogP contribution in [0.5, 0.6) is 0 Å². The highest BCUT2D eigenvalue weighted by molar-refractivity contribution is 4.64. The molecule has 1 heteroatoms. The summed E-state index contributed by atoms with van der Waals surface area (Å²) < 4.78 is 0. The van der Waals surface area contributed by atoms with Gasteiger partial charge in [-0.25, -0.2) is 0 Å². The zero-order valence-electron chi connectivity index (χ0n) is 8.43. The number of hydrogen-bond acceptors (Lipinski definition) is 1. The molecule has 1 atom stereocenters. The van der Waals surface area contributed by atoms with Crippen molar-refractivity contribution in [3.63, 3.8) is 0 Å². The van der Waals surface area contributed by atoms with E-state index in [1.54, 1.807) is 0 Å². The first-order valence-corrected chi connectivity index (χ1v) is 4.78. The molecule has 0 amide bonds. The van der Waals surface area contributed by atoms with Gasteiger partial charge in [0.1, 0.15) is 0 Å². The maximum absolute atomic E-state index is 5.66. The summed E-state index contributed by atoms with van der Waals surface area (Å²) >= 11 is 0. The zero-order valence-corrected chi connectivity index (χ0v) is 8.43. The fourth-order valence-corrected chi connectivity index (χ4v) is 1.27. The Morgan fingerprint density at radius 1 is 1.00 bits per heavy atom. The van der Waals surface area contributed by atoms with Gasteiger partial charge in [-0.2, -0.15) is 0 Å². The van der Waals surface area contributed by atoms with E-state index in [1.807, 2.05) is 0 Å². The van der Waals surface area contributed by atoms with E-state index in [-0.39, 0.29) is 0 Å². The Morgan fingerprint density at radius 2 is 1.55 bits per heavy atom. The van der Waals surface area contributed by atoms with Crippen LogP contribution in [0.25, 0.3) is 0 Å². The Bertz CT molecular complexity index is 86.9. The van der Waals surface area contributed by atoms with E-state index in [4.69, 9.17) is 5.73 Å². The van der Waals surface area contributed by atoms with E-state index in [2.05, 4.69) is 27.7 Å². The van der Waals surface area contributed by atoms with Crippen LogP contribution in [0.4, 0.5) is 0 Å². The van der Waals surface area contributed by atoms with Crippen LogP contribution in [-0.2, 0) is 0 Å². The molecular weight excluding hydrogens is 134 g/mol. The standard InChI is InChI=1S/C10H23N/c1-8(2)5-6-10(7-11)9(3)4/h8-10H,5-7,11H2,1-4H3/t10-/m1/s1. The van der Waals surface area contributed by atoms with Gasteiger partial charge in [0.05, 0.1) is 0 Å². The van der Waals surface area contributed by atoms with Gasteiger partial charge in [-0.15, -0.1) is 0 Å². The van der Waals surface area contributed by atoms with Gasteiger partial charge in [-0.1, -0.05) is 34.1 Å². The largest absolute Gasteiger partial charge is 0.330 e. The van der Waals surface area contributed by atoms with Crippen molar-refractivity contribution in [2.75, 3.05) is 6.54 Å². The second-order valence-corrected chi connectivity index (χ2v) is 4.21. The highest BCUT2D eigenvalue weighted by atomic mass is 14.5. The lowest BCUT2D eigenvalue weighted by molar-refractivity contribution is 0.339. The fraction of sp³-hybridized carbons (Fsp3) is 1.00. The lowest BCUT2D eigenvalue weighted by Gasteiger charge is -2.19. The molecule has 0 saturated heterocycles. The summed E-state index contributed by atoms with van der Waals surface area (Å²) in [6, 6.07) is 0. The highest BCUT2D eigenvalue weighted by Gasteiger charge is 2.11. The molecule has 0 aromatic heterocycles. The molecule has 11 heavy (non-hydrogen) atoms. The maximum Gasteiger partial charge on any atom is -0.00464 e. The second kappa shape index (κ2) is 5.59. The maximum atomic E-state index is 5.66. The average molecular weight is 157 g/mol. The van der Waals surface area contributed by atoms with E-state index < -0.39 is 0 Å². The second-order valence-electron chi connectivity index (χ2n) is 4.21. The molecule has 1 nitrogen and oxygen atoms in total. The molecule has 0 rings (SSSR count). The third-order valence-corrected chi connectivity index (χ3v) is 2.36. The van der Waals surface area contributed by atoms with Gasteiger partial charge < -0.3 is 5.73 Å². The van der Waals surface area contributed by atoms with Gasteiger partial charge in [0, 0.05) is 0 Å². The summed E-state index contributed by atoms with van der Waals surface area (Å²) in [4.78, 5) is 0. The van der Waals surface area contributed by atoms with Crippen molar-refractivity contribution in [3.05, 3.63) is 0 Å². The van der Waals surface area contributed by atoms with E-state index in [0.717, 1.165) is 24.3 Å². The van der Waals surface area contributed by atoms with Crippen molar-refractivity contribution in [3.8, 4) is 0 Å². The first kappa shape index (κ1) is 11.0. The first-order valence-electron chi connectivity index (χ1n) is 4.78. The molecule has 0 aromatic carbocycles. The minimum absolute atomic E-state index is 0.734. The van der Waals surface area contributed by atoms with Crippen LogP contribution in [0.1, 0.15) is 40.5 Å². The quantitative estimate of drug-likeness (QED) is 0.652. The average Bonchev–Trinajstić information content (AvgIpc) is 1.87. The number of hydrogen-bond donors (Lipinski definition) is 1. The molecule has 0 aliphatic heterocycles. The number of nitrogens with two attached hydrogens (primary N) is 1. The van der Waals surface area contributed by atoms with Crippen LogP contribution in [0.2, 0.25) is 0 Å². The molecule has 0 aliphatic rings. The molecule has 0 radical (unpaired) electrons. The Balaban J connectivity index is 3.52. The molecule has 0 heterocycles. The summed E-state index contributed by atoms with van der Waals surface area (Å²) in [6.45, 7) is 9.92. The molecule has 2 N–H and O–H groups in total. The fourth-order valence-electron chi connectivity index (χ4n) is 1.27. The topological polar surface area (TPSA) is 26.0 Å². The molecule has 0 aliphatic carbocycles. The van der Waals surface area contributed by atoms with Gasteiger partial charge in [0.2, 0.25) is 0 Å². The molecular formula is C10H23N. The normalized spacial score (nSPS) is 14.5. The Labute approximate surface area is 71.4 Å². The van der Waals surface area contributed by atoms with E-state index >= 15 is 0 Å². The molecule has 68 valence electrons. The molecule has 0 fully saturated rings. The summed E-state index contributed by atoms with van der Waals surface area (Å²) in [5, 5.41) is 0. The molecule has 0 aromatic rings. The van der Waals surface area contributed by atoms with Crippen LogP contribution in [0, 0.1) is 17.8 Å². The predicted octanol–water partition coefficient (Wildman–Crippen LogP) is 2.65. The van der Waals surface area contributed by atoms with E-state index in [0.29, 0.717) is 0 Å². The van der Waals surface area contributed by atoms with Crippen molar-refractivity contribution in [2.45, 2.75) is 40.5 Å². The summed E-state index contributed by atoms with van der Waals surface area (Å²) in [6.07, 6.45) is 2.62. The van der Waals surface area contributed by atoms with Crippen LogP contribution < -0.4 is 5.73 Å². The van der Waals surface area contributed by atoms with Gasteiger partial charge in [0.25, 0.3) is 0 Å². The molecule has 0 bridgehead atoms. The predicted molar refractivity (Wildman–Crippen MR) is 51.5 cm³/mol. The Morgan fingerprint density at radius 3 is 1.82 bits per heavy atom. The minimum atomic E-state index is 0.734. The van der Waals surface area contributed by atoms with Crippen molar-refractivity contribution >= 4 is 0 Å². The van der Waals surface area contributed by atoms with Crippen LogP contribution in [0.3, 0.4) is 0 Å². The van der Waals surface area contributed by atoms with Crippen molar-refractivity contribution < 1.29 is 0 Å². The van der Waals surface area contributed by atoms with Crippen LogP contribution >= 0.6 is 0 Å². The lowest BCUT2D eigenvalue weighted by Crippen LogP contribution is -2.20. The third kappa shape index (κ3) is 5.25. The number of rotatable bonds is 5. The SMILES string of the molecule is CC(C)CC[C@H](CN)C(C)C. The third-order valence-electron chi connectivity index (χ3n) is 2.36. The minimum Gasteiger partial charge on any atom is -0.330 e. The van der Waals surface area contributed by atoms with Crippen LogP contribution in [0.15, 0.2) is 0 Å². The smallest absolute Gasteiger partial charge is 0.00464 e. The zero-order chi connectivity index (χ0) is 8.85. The molecule has 0 saturated carbocycles. The van der Waals surface area contributed by atoms with Gasteiger partial charge >= 0.3 is 0 Å². The van der Waals surface area contributed by atoms with E-state index in [1.165, 1.54) is 12.8 Å².